The monoisotopic (exact) mass is 441 g/mol. The van der Waals surface area contributed by atoms with Gasteiger partial charge < -0.3 is 5.32 Å². The van der Waals surface area contributed by atoms with Gasteiger partial charge in [0.15, 0.2) is 0 Å². The molecule has 4 nitrogen and oxygen atoms in total. The lowest BCUT2D eigenvalue weighted by molar-refractivity contribution is 0.102. The summed E-state index contributed by atoms with van der Waals surface area (Å²) in [7, 11) is 0. The van der Waals surface area contributed by atoms with Crippen LogP contribution in [0.5, 0.6) is 0 Å². The highest BCUT2D eigenvalue weighted by molar-refractivity contribution is 9.10. The molecule has 2 aromatic heterocycles. The average Bonchev–Trinajstić information content (AvgIpc) is 3.34. The first-order valence-corrected chi connectivity index (χ1v) is 9.74. The molecular formula is C20H13BrFN3OS. The van der Waals surface area contributed by atoms with Crippen molar-refractivity contribution in [2.75, 3.05) is 5.32 Å². The van der Waals surface area contributed by atoms with E-state index in [4.69, 9.17) is 0 Å². The fourth-order valence-corrected chi connectivity index (χ4v) is 3.80. The van der Waals surface area contributed by atoms with Gasteiger partial charge in [0, 0.05) is 10.7 Å². The third-order valence-electron chi connectivity index (χ3n) is 3.91. The minimum atomic E-state index is -0.379. The molecule has 0 unspecified atom stereocenters. The van der Waals surface area contributed by atoms with Crippen LogP contribution in [0.25, 0.3) is 16.3 Å². The molecule has 0 fully saturated rings. The van der Waals surface area contributed by atoms with Crippen LogP contribution in [-0.4, -0.2) is 15.7 Å². The molecule has 0 spiro atoms. The van der Waals surface area contributed by atoms with Crippen LogP contribution in [0, 0.1) is 5.82 Å². The SMILES string of the molecule is O=C(Nc1ccc(F)cc1Br)c1cn(-c2ccccc2)nc1-c1cccs1. The molecule has 0 atom stereocenters. The summed E-state index contributed by atoms with van der Waals surface area (Å²) in [5.41, 5.74) is 2.39. The standard InChI is InChI=1S/C20H13BrFN3OS/c21-16-11-13(22)8-9-17(16)23-20(26)15-12-25(14-5-2-1-3-6-14)24-19(15)18-7-4-10-27-18/h1-12H,(H,23,26). The first-order chi connectivity index (χ1) is 13.1. The van der Waals surface area contributed by atoms with Crippen LogP contribution in [0.1, 0.15) is 10.4 Å². The number of nitrogens with one attached hydrogen (secondary N) is 1. The number of rotatable bonds is 4. The van der Waals surface area contributed by atoms with Gasteiger partial charge >= 0.3 is 0 Å². The van der Waals surface area contributed by atoms with Crippen molar-refractivity contribution in [3.05, 3.63) is 88.1 Å². The van der Waals surface area contributed by atoms with Gasteiger partial charge in [-0.2, -0.15) is 5.10 Å². The van der Waals surface area contributed by atoms with Crippen LogP contribution in [0.4, 0.5) is 10.1 Å². The van der Waals surface area contributed by atoms with E-state index in [1.165, 1.54) is 29.5 Å². The summed E-state index contributed by atoms with van der Waals surface area (Å²) in [6.45, 7) is 0. The second kappa shape index (κ2) is 7.46. The average molecular weight is 442 g/mol. The van der Waals surface area contributed by atoms with Crippen molar-refractivity contribution in [1.82, 2.24) is 9.78 Å². The summed E-state index contributed by atoms with van der Waals surface area (Å²) in [6.07, 6.45) is 1.71. The smallest absolute Gasteiger partial charge is 0.259 e. The van der Waals surface area contributed by atoms with Gasteiger partial charge in [-0.1, -0.05) is 24.3 Å². The van der Waals surface area contributed by atoms with Gasteiger partial charge in [0.05, 0.1) is 21.8 Å². The van der Waals surface area contributed by atoms with E-state index in [9.17, 15) is 9.18 Å². The third kappa shape index (κ3) is 3.70. The summed E-state index contributed by atoms with van der Waals surface area (Å²) >= 11 is 4.79. The third-order valence-corrected chi connectivity index (χ3v) is 5.45. The number of halogens is 2. The van der Waals surface area contributed by atoms with Crippen LogP contribution >= 0.6 is 27.3 Å². The highest BCUT2D eigenvalue weighted by Gasteiger charge is 2.20. The minimum absolute atomic E-state index is 0.312. The normalized spacial score (nSPS) is 10.7. The summed E-state index contributed by atoms with van der Waals surface area (Å²) in [5.74, 6) is -0.691. The van der Waals surface area contributed by atoms with Crippen LogP contribution in [0.15, 0.2) is 76.7 Å². The highest BCUT2D eigenvalue weighted by atomic mass is 79.9. The molecule has 2 heterocycles. The summed E-state index contributed by atoms with van der Waals surface area (Å²) in [4.78, 5) is 13.8. The Kier molecular flexibility index (Phi) is 4.87. The van der Waals surface area contributed by atoms with Crippen molar-refractivity contribution < 1.29 is 9.18 Å². The number of hydrogen-bond donors (Lipinski definition) is 1. The predicted octanol–water partition coefficient (Wildman–Crippen LogP) is 5.75. The number of benzene rings is 2. The zero-order chi connectivity index (χ0) is 18.8. The second-order valence-electron chi connectivity index (χ2n) is 5.73. The number of nitrogens with zero attached hydrogens (tertiary/aromatic N) is 2. The molecule has 0 saturated heterocycles. The van der Waals surface area contributed by atoms with Crippen molar-refractivity contribution in [3.8, 4) is 16.3 Å². The van der Waals surface area contributed by atoms with E-state index < -0.39 is 0 Å². The van der Waals surface area contributed by atoms with E-state index in [1.807, 2.05) is 47.8 Å². The minimum Gasteiger partial charge on any atom is -0.321 e. The molecule has 0 aliphatic rings. The molecular weight excluding hydrogens is 429 g/mol. The van der Waals surface area contributed by atoms with Crippen LogP contribution in [-0.2, 0) is 0 Å². The lowest BCUT2D eigenvalue weighted by atomic mass is 10.2. The Hall–Kier alpha value is -2.77. The topological polar surface area (TPSA) is 46.9 Å². The lowest BCUT2D eigenvalue weighted by Gasteiger charge is -2.07. The first kappa shape index (κ1) is 17.6. The number of para-hydroxylation sites is 1. The Morgan fingerprint density at radius 3 is 2.63 bits per heavy atom. The van der Waals surface area contributed by atoms with E-state index in [-0.39, 0.29) is 11.7 Å². The van der Waals surface area contributed by atoms with E-state index >= 15 is 0 Å². The maximum Gasteiger partial charge on any atom is 0.259 e. The molecule has 4 aromatic rings. The molecule has 1 N–H and O–H groups in total. The highest BCUT2D eigenvalue weighted by Crippen LogP contribution is 2.29. The molecule has 1 amide bonds. The molecule has 0 aliphatic heterocycles. The van der Waals surface area contributed by atoms with Gasteiger partial charge in [0.2, 0.25) is 0 Å². The Morgan fingerprint density at radius 1 is 1.11 bits per heavy atom. The number of amides is 1. The fourth-order valence-electron chi connectivity index (χ4n) is 2.63. The quantitative estimate of drug-likeness (QED) is 0.437. The lowest BCUT2D eigenvalue weighted by Crippen LogP contribution is -2.12. The van der Waals surface area contributed by atoms with E-state index in [0.29, 0.717) is 21.4 Å². The second-order valence-corrected chi connectivity index (χ2v) is 7.53. The van der Waals surface area contributed by atoms with Crippen molar-refractivity contribution in [3.63, 3.8) is 0 Å². The van der Waals surface area contributed by atoms with E-state index in [2.05, 4.69) is 26.3 Å². The molecule has 2 aromatic carbocycles. The Balaban J connectivity index is 1.74. The maximum atomic E-state index is 13.3. The first-order valence-electron chi connectivity index (χ1n) is 8.07. The molecule has 134 valence electrons. The number of thiophene rings is 1. The predicted molar refractivity (Wildman–Crippen MR) is 109 cm³/mol. The van der Waals surface area contributed by atoms with Gasteiger partial charge in [-0.15, -0.1) is 11.3 Å². The Morgan fingerprint density at radius 2 is 1.93 bits per heavy atom. The molecule has 0 aliphatic carbocycles. The Bertz CT molecular complexity index is 1090. The molecule has 0 radical (unpaired) electrons. The van der Waals surface area contributed by atoms with Gasteiger partial charge in [-0.25, -0.2) is 9.07 Å². The summed E-state index contributed by atoms with van der Waals surface area (Å²) in [5, 5.41) is 9.38. The zero-order valence-corrected chi connectivity index (χ0v) is 16.3. The molecule has 4 rings (SSSR count). The van der Waals surface area contributed by atoms with Crippen LogP contribution in [0.2, 0.25) is 0 Å². The molecule has 0 saturated carbocycles. The Labute approximate surface area is 167 Å². The zero-order valence-electron chi connectivity index (χ0n) is 13.9. The number of carbonyl (C=O) groups excluding carboxylic acids is 1. The largest absolute Gasteiger partial charge is 0.321 e. The van der Waals surface area contributed by atoms with E-state index in [0.717, 1.165) is 10.6 Å². The molecule has 27 heavy (non-hydrogen) atoms. The fraction of sp³-hybridized carbons (Fsp3) is 0. The van der Waals surface area contributed by atoms with E-state index in [1.54, 1.807) is 10.9 Å². The van der Waals surface area contributed by atoms with Crippen molar-refractivity contribution >= 4 is 38.9 Å². The van der Waals surface area contributed by atoms with Gasteiger partial charge in [0.25, 0.3) is 5.91 Å². The van der Waals surface area contributed by atoms with Crippen LogP contribution in [0.3, 0.4) is 0 Å². The van der Waals surface area contributed by atoms with Crippen molar-refractivity contribution in [1.29, 1.82) is 0 Å². The number of hydrogen-bond acceptors (Lipinski definition) is 3. The van der Waals surface area contributed by atoms with Gasteiger partial charge in [-0.05, 0) is 57.7 Å². The maximum absolute atomic E-state index is 13.3. The number of carbonyl (C=O) groups is 1. The summed E-state index contributed by atoms with van der Waals surface area (Å²) in [6, 6.07) is 17.6. The summed E-state index contributed by atoms with van der Waals surface area (Å²) < 4.78 is 15.5. The number of anilines is 1. The number of aromatic nitrogens is 2. The van der Waals surface area contributed by atoms with Crippen LogP contribution < -0.4 is 5.32 Å². The van der Waals surface area contributed by atoms with Gasteiger partial charge in [-0.3, -0.25) is 4.79 Å². The van der Waals surface area contributed by atoms with Crippen molar-refractivity contribution in [2.24, 2.45) is 0 Å². The molecule has 0 bridgehead atoms. The van der Waals surface area contributed by atoms with Gasteiger partial charge in [0.1, 0.15) is 11.5 Å². The van der Waals surface area contributed by atoms with Crippen molar-refractivity contribution in [2.45, 2.75) is 0 Å². The molecule has 7 heteroatoms.